The first-order valence-corrected chi connectivity index (χ1v) is 8.27. The standard InChI is InChI=1S/C15H13ClF3N3O3S/c1-7-11(13(20-2)26-22-7)14(24)25-6-10(23)21-12-8(15(17,18)19)4-3-5-9(12)16/h3-5,20H,6H2,1-2H3,(H,21,23). The van der Waals surface area contributed by atoms with Gasteiger partial charge < -0.3 is 15.4 Å². The Morgan fingerprint density at radius 3 is 2.65 bits per heavy atom. The smallest absolute Gasteiger partial charge is 0.418 e. The van der Waals surface area contributed by atoms with Gasteiger partial charge in [-0.15, -0.1) is 0 Å². The summed E-state index contributed by atoms with van der Waals surface area (Å²) in [4.78, 5) is 24.0. The van der Waals surface area contributed by atoms with E-state index in [0.29, 0.717) is 10.7 Å². The van der Waals surface area contributed by atoms with Crippen LogP contribution in [-0.4, -0.2) is 29.9 Å². The average Bonchev–Trinajstić information content (AvgIpc) is 2.94. The van der Waals surface area contributed by atoms with Crippen LogP contribution in [0, 0.1) is 6.92 Å². The maximum absolute atomic E-state index is 13.0. The molecule has 0 fully saturated rings. The number of nitrogens with one attached hydrogen (secondary N) is 2. The van der Waals surface area contributed by atoms with Crippen LogP contribution in [-0.2, 0) is 15.7 Å². The first-order valence-electron chi connectivity index (χ1n) is 7.11. The highest BCUT2D eigenvalue weighted by molar-refractivity contribution is 7.10. The summed E-state index contributed by atoms with van der Waals surface area (Å²) in [5.74, 6) is -1.77. The molecule has 1 amide bonds. The van der Waals surface area contributed by atoms with Gasteiger partial charge in [0.2, 0.25) is 0 Å². The quantitative estimate of drug-likeness (QED) is 0.733. The fraction of sp³-hybridized carbons (Fsp3) is 0.267. The molecule has 1 aromatic carbocycles. The fourth-order valence-corrected chi connectivity index (χ4v) is 3.00. The molecule has 1 heterocycles. The number of alkyl halides is 3. The third-order valence-corrected chi connectivity index (χ3v) is 4.48. The van der Waals surface area contributed by atoms with Crippen molar-refractivity contribution in [2.24, 2.45) is 0 Å². The monoisotopic (exact) mass is 407 g/mol. The fourth-order valence-electron chi connectivity index (χ4n) is 2.05. The van der Waals surface area contributed by atoms with Crippen LogP contribution in [0.4, 0.5) is 23.9 Å². The van der Waals surface area contributed by atoms with E-state index in [4.69, 9.17) is 16.3 Å². The van der Waals surface area contributed by atoms with Gasteiger partial charge in [0, 0.05) is 7.05 Å². The van der Waals surface area contributed by atoms with Crippen molar-refractivity contribution >= 4 is 45.7 Å². The van der Waals surface area contributed by atoms with Crippen LogP contribution in [0.25, 0.3) is 0 Å². The molecule has 2 N–H and O–H groups in total. The molecule has 0 bridgehead atoms. The number of para-hydroxylation sites is 1. The lowest BCUT2D eigenvalue weighted by molar-refractivity contribution is -0.137. The van der Waals surface area contributed by atoms with Gasteiger partial charge in [-0.2, -0.15) is 17.5 Å². The molecule has 1 aromatic heterocycles. The van der Waals surface area contributed by atoms with Gasteiger partial charge in [-0.25, -0.2) is 4.79 Å². The molecular formula is C15H13ClF3N3O3S. The number of nitrogens with zero attached hydrogens (tertiary/aromatic N) is 1. The van der Waals surface area contributed by atoms with Gasteiger partial charge >= 0.3 is 12.1 Å². The zero-order chi connectivity index (χ0) is 19.5. The Morgan fingerprint density at radius 2 is 2.04 bits per heavy atom. The maximum Gasteiger partial charge on any atom is 0.418 e. The molecule has 2 rings (SSSR count). The van der Waals surface area contributed by atoms with Crippen LogP contribution in [0.1, 0.15) is 21.6 Å². The first kappa shape index (κ1) is 20.0. The van der Waals surface area contributed by atoms with E-state index in [1.54, 1.807) is 14.0 Å². The van der Waals surface area contributed by atoms with Gasteiger partial charge in [-0.1, -0.05) is 17.7 Å². The van der Waals surface area contributed by atoms with Crippen molar-refractivity contribution in [3.8, 4) is 0 Å². The normalized spacial score (nSPS) is 11.2. The van der Waals surface area contributed by atoms with Gasteiger partial charge in [0.15, 0.2) is 6.61 Å². The molecular weight excluding hydrogens is 395 g/mol. The Kier molecular flexibility index (Phi) is 6.09. The van der Waals surface area contributed by atoms with E-state index in [1.165, 1.54) is 6.07 Å². The van der Waals surface area contributed by atoms with Crippen molar-refractivity contribution in [2.75, 3.05) is 24.3 Å². The second kappa shape index (κ2) is 7.92. The Labute approximate surface area is 155 Å². The number of carbonyl (C=O) groups excluding carboxylic acids is 2. The molecule has 0 aliphatic heterocycles. The van der Waals surface area contributed by atoms with E-state index in [1.807, 2.05) is 5.32 Å². The summed E-state index contributed by atoms with van der Waals surface area (Å²) in [6.45, 7) is 0.813. The highest BCUT2D eigenvalue weighted by Crippen LogP contribution is 2.38. The van der Waals surface area contributed by atoms with Gasteiger partial charge in [0.05, 0.1) is 22.0 Å². The maximum atomic E-state index is 13.0. The third-order valence-electron chi connectivity index (χ3n) is 3.21. The molecule has 26 heavy (non-hydrogen) atoms. The number of aromatic nitrogens is 1. The van der Waals surface area contributed by atoms with Crippen molar-refractivity contribution in [2.45, 2.75) is 13.1 Å². The van der Waals surface area contributed by atoms with Crippen LogP contribution < -0.4 is 10.6 Å². The van der Waals surface area contributed by atoms with Gasteiger partial charge in [-0.05, 0) is 30.6 Å². The van der Waals surface area contributed by atoms with Crippen molar-refractivity contribution < 1.29 is 27.5 Å². The molecule has 0 spiro atoms. The van der Waals surface area contributed by atoms with Crippen LogP contribution in [0.15, 0.2) is 18.2 Å². The number of halogens is 4. The van der Waals surface area contributed by atoms with Crippen molar-refractivity contribution in [3.05, 3.63) is 40.0 Å². The van der Waals surface area contributed by atoms with Crippen molar-refractivity contribution in [1.29, 1.82) is 0 Å². The van der Waals surface area contributed by atoms with Crippen LogP contribution in [0.5, 0.6) is 0 Å². The topological polar surface area (TPSA) is 80.3 Å². The SMILES string of the molecule is CNc1snc(C)c1C(=O)OCC(=O)Nc1c(Cl)cccc1C(F)(F)F. The highest BCUT2D eigenvalue weighted by Gasteiger charge is 2.35. The number of anilines is 2. The molecule has 140 valence electrons. The number of rotatable bonds is 5. The molecule has 0 unspecified atom stereocenters. The zero-order valence-corrected chi connectivity index (χ0v) is 15.1. The van der Waals surface area contributed by atoms with E-state index in [-0.39, 0.29) is 10.6 Å². The largest absolute Gasteiger partial charge is 0.452 e. The third kappa shape index (κ3) is 4.44. The number of aryl methyl sites for hydroxylation is 1. The van der Waals surface area contributed by atoms with E-state index in [9.17, 15) is 22.8 Å². The predicted molar refractivity (Wildman–Crippen MR) is 91.8 cm³/mol. The molecule has 0 saturated carbocycles. The summed E-state index contributed by atoms with van der Waals surface area (Å²) in [5, 5.41) is 4.98. The average molecular weight is 408 g/mol. The molecule has 0 saturated heterocycles. The lowest BCUT2D eigenvalue weighted by atomic mass is 10.1. The Balaban J connectivity index is 2.09. The number of hydrogen-bond donors (Lipinski definition) is 2. The molecule has 0 radical (unpaired) electrons. The number of esters is 1. The van der Waals surface area contributed by atoms with Crippen molar-refractivity contribution in [1.82, 2.24) is 4.37 Å². The number of hydrogen-bond acceptors (Lipinski definition) is 6. The molecule has 6 nitrogen and oxygen atoms in total. The first-order chi connectivity index (χ1) is 12.1. The molecule has 0 aliphatic carbocycles. The number of carbonyl (C=O) groups is 2. The number of benzene rings is 1. The van der Waals surface area contributed by atoms with E-state index >= 15 is 0 Å². The summed E-state index contributed by atoms with van der Waals surface area (Å²) in [5.41, 5.74) is -1.11. The molecule has 11 heteroatoms. The lowest BCUT2D eigenvalue weighted by Gasteiger charge is -2.15. The summed E-state index contributed by atoms with van der Waals surface area (Å²) >= 11 is 6.79. The molecule has 0 aliphatic rings. The zero-order valence-electron chi connectivity index (χ0n) is 13.5. The summed E-state index contributed by atoms with van der Waals surface area (Å²) in [7, 11) is 1.59. The minimum atomic E-state index is -4.70. The van der Waals surface area contributed by atoms with Gasteiger partial charge in [0.25, 0.3) is 5.91 Å². The number of ether oxygens (including phenoxy) is 1. The minimum Gasteiger partial charge on any atom is -0.452 e. The van der Waals surface area contributed by atoms with Crippen LogP contribution >= 0.6 is 23.1 Å². The molecule has 2 aromatic rings. The van der Waals surface area contributed by atoms with Gasteiger partial charge in [0.1, 0.15) is 10.6 Å². The second-order valence-corrected chi connectivity index (χ2v) is 6.19. The highest BCUT2D eigenvalue weighted by atomic mass is 35.5. The summed E-state index contributed by atoms with van der Waals surface area (Å²) < 4.78 is 47.8. The minimum absolute atomic E-state index is 0.166. The summed E-state index contributed by atoms with van der Waals surface area (Å²) in [6.07, 6.45) is -4.70. The summed E-state index contributed by atoms with van der Waals surface area (Å²) in [6, 6.07) is 3.11. The lowest BCUT2D eigenvalue weighted by Crippen LogP contribution is -2.23. The van der Waals surface area contributed by atoms with E-state index in [2.05, 4.69) is 9.69 Å². The van der Waals surface area contributed by atoms with Crippen LogP contribution in [0.3, 0.4) is 0 Å². The van der Waals surface area contributed by atoms with E-state index in [0.717, 1.165) is 23.7 Å². The predicted octanol–water partition coefficient (Wildman–Crippen LogP) is 3.96. The second-order valence-electron chi connectivity index (χ2n) is 5.01. The van der Waals surface area contributed by atoms with Crippen molar-refractivity contribution in [3.63, 3.8) is 0 Å². The molecule has 0 atom stereocenters. The number of amides is 1. The Bertz CT molecular complexity index is 839. The van der Waals surface area contributed by atoms with E-state index < -0.39 is 35.9 Å². The van der Waals surface area contributed by atoms with Gasteiger partial charge in [-0.3, -0.25) is 4.79 Å². The Morgan fingerprint density at radius 1 is 1.35 bits per heavy atom. The van der Waals surface area contributed by atoms with Crippen LogP contribution in [0.2, 0.25) is 5.02 Å². The Hall–Kier alpha value is -2.33.